The fourth-order valence-corrected chi connectivity index (χ4v) is 3.65. The van der Waals surface area contributed by atoms with Crippen molar-refractivity contribution in [3.05, 3.63) is 54.4 Å². The summed E-state index contributed by atoms with van der Waals surface area (Å²) in [5, 5.41) is 15.0. The summed E-state index contributed by atoms with van der Waals surface area (Å²) in [4.78, 5) is 15.2. The van der Waals surface area contributed by atoms with Crippen molar-refractivity contribution in [2.45, 2.75) is 17.0 Å². The molecule has 2 heterocycles. The third-order valence-electron chi connectivity index (χ3n) is 2.93. The summed E-state index contributed by atoms with van der Waals surface area (Å²) >= 11 is 3.11. The number of pyridine rings is 1. The quantitative estimate of drug-likeness (QED) is 0.651. The molecule has 2 aromatic heterocycles. The van der Waals surface area contributed by atoms with Gasteiger partial charge in [0.25, 0.3) is 0 Å². The van der Waals surface area contributed by atoms with Crippen LogP contribution in [-0.2, 0) is 10.5 Å². The first-order valence-electron chi connectivity index (χ1n) is 7.19. The van der Waals surface area contributed by atoms with Gasteiger partial charge in [0.05, 0.1) is 0 Å². The Balaban J connectivity index is 1.60. The van der Waals surface area contributed by atoms with Gasteiger partial charge in [-0.15, -0.1) is 10.2 Å². The van der Waals surface area contributed by atoms with Gasteiger partial charge >= 0.3 is 0 Å². The van der Waals surface area contributed by atoms with E-state index in [1.54, 1.807) is 18.0 Å². The normalized spacial score (nSPS) is 10.4. The van der Waals surface area contributed by atoms with Gasteiger partial charge in [-0.1, -0.05) is 35.2 Å². The lowest BCUT2D eigenvalue weighted by molar-refractivity contribution is -0.114. The lowest BCUT2D eigenvalue weighted by atomic mass is 10.3. The van der Waals surface area contributed by atoms with Crippen molar-refractivity contribution < 1.29 is 4.79 Å². The smallest absolute Gasteiger partial charge is 0.221 e. The highest BCUT2D eigenvalue weighted by molar-refractivity contribution is 8.00. The molecule has 24 heavy (non-hydrogen) atoms. The van der Waals surface area contributed by atoms with E-state index < -0.39 is 0 Å². The molecule has 1 amide bonds. The molecule has 0 bridgehead atoms. The third kappa shape index (κ3) is 4.77. The number of hydrogen-bond acceptors (Lipinski definition) is 7. The molecule has 3 rings (SSSR count). The van der Waals surface area contributed by atoms with Crippen molar-refractivity contribution in [1.82, 2.24) is 15.2 Å². The van der Waals surface area contributed by atoms with E-state index in [1.807, 2.05) is 42.6 Å². The number of nitrogens with zero attached hydrogens (tertiary/aromatic N) is 3. The molecule has 0 saturated heterocycles. The van der Waals surface area contributed by atoms with Crippen LogP contribution in [0.2, 0.25) is 0 Å². The Kier molecular flexibility index (Phi) is 5.39. The van der Waals surface area contributed by atoms with E-state index in [0.717, 1.165) is 27.0 Å². The first-order valence-corrected chi connectivity index (χ1v) is 8.99. The predicted octanol–water partition coefficient (Wildman–Crippen LogP) is 3.93. The second-order valence-corrected chi connectivity index (χ2v) is 7.11. The number of carbonyl (C=O) groups excluding carboxylic acids is 1. The summed E-state index contributed by atoms with van der Waals surface area (Å²) in [6.07, 6.45) is 3.61. The van der Waals surface area contributed by atoms with Crippen LogP contribution < -0.4 is 10.6 Å². The fourth-order valence-electron chi connectivity index (χ4n) is 1.95. The number of carbonyl (C=O) groups is 1. The van der Waals surface area contributed by atoms with Crippen molar-refractivity contribution in [2.24, 2.45) is 0 Å². The van der Waals surface area contributed by atoms with Gasteiger partial charge in [0.2, 0.25) is 11.0 Å². The van der Waals surface area contributed by atoms with Gasteiger partial charge < -0.3 is 10.6 Å². The summed E-state index contributed by atoms with van der Waals surface area (Å²) in [6.45, 7) is 1.48. The first-order chi connectivity index (χ1) is 11.7. The van der Waals surface area contributed by atoms with E-state index in [-0.39, 0.29) is 5.91 Å². The molecule has 0 atom stereocenters. The number of anilines is 3. The number of nitrogens with one attached hydrogen (secondary N) is 2. The highest BCUT2D eigenvalue weighted by atomic mass is 32.2. The maximum absolute atomic E-state index is 11.1. The van der Waals surface area contributed by atoms with E-state index in [9.17, 15) is 4.79 Å². The van der Waals surface area contributed by atoms with Gasteiger partial charge in [-0.05, 0) is 29.8 Å². The lowest BCUT2D eigenvalue weighted by Gasteiger charge is -2.05. The highest BCUT2D eigenvalue weighted by Gasteiger charge is 2.06. The molecule has 122 valence electrons. The first kappa shape index (κ1) is 16.4. The molecule has 6 nitrogen and oxygen atoms in total. The van der Waals surface area contributed by atoms with Gasteiger partial charge in [0.1, 0.15) is 0 Å². The molecular weight excluding hydrogens is 342 g/mol. The van der Waals surface area contributed by atoms with Crippen molar-refractivity contribution in [3.8, 4) is 0 Å². The van der Waals surface area contributed by atoms with Crippen LogP contribution >= 0.6 is 23.1 Å². The molecule has 0 saturated carbocycles. The van der Waals surface area contributed by atoms with Crippen LogP contribution in [0.5, 0.6) is 0 Å². The molecule has 3 aromatic rings. The molecule has 0 fully saturated rings. The standard InChI is InChI=1S/C16H15N5OS2/c1-11(22)18-13-5-2-6-14(8-13)19-15-20-21-16(24-15)23-10-12-4-3-7-17-9-12/h2-9H,10H2,1H3,(H,18,22)(H,19,20). The summed E-state index contributed by atoms with van der Waals surface area (Å²) in [5.41, 5.74) is 2.74. The molecule has 0 aliphatic carbocycles. The zero-order valence-corrected chi connectivity index (χ0v) is 14.5. The minimum absolute atomic E-state index is 0.0999. The van der Waals surface area contributed by atoms with E-state index in [4.69, 9.17) is 0 Å². The van der Waals surface area contributed by atoms with Crippen molar-refractivity contribution in [3.63, 3.8) is 0 Å². The number of amides is 1. The molecule has 8 heteroatoms. The van der Waals surface area contributed by atoms with Crippen LogP contribution in [-0.4, -0.2) is 21.1 Å². The zero-order valence-electron chi connectivity index (χ0n) is 12.9. The number of aromatic nitrogens is 3. The van der Waals surface area contributed by atoms with Crippen LogP contribution in [0.1, 0.15) is 12.5 Å². The Labute approximate surface area is 147 Å². The van der Waals surface area contributed by atoms with Gasteiger partial charge in [-0.3, -0.25) is 9.78 Å². The van der Waals surface area contributed by atoms with Crippen LogP contribution in [0.4, 0.5) is 16.5 Å². The molecular formula is C16H15N5OS2. The maximum Gasteiger partial charge on any atom is 0.221 e. The number of hydrogen-bond donors (Lipinski definition) is 2. The predicted molar refractivity (Wildman–Crippen MR) is 97.7 cm³/mol. The fraction of sp³-hybridized carbons (Fsp3) is 0.125. The Morgan fingerprint density at radius 1 is 1.21 bits per heavy atom. The topological polar surface area (TPSA) is 79.8 Å². The van der Waals surface area contributed by atoms with Gasteiger partial charge in [-0.25, -0.2) is 0 Å². The monoisotopic (exact) mass is 357 g/mol. The van der Waals surface area contributed by atoms with Crippen molar-refractivity contribution in [2.75, 3.05) is 10.6 Å². The minimum Gasteiger partial charge on any atom is -0.330 e. The van der Waals surface area contributed by atoms with Gasteiger partial charge in [0.15, 0.2) is 4.34 Å². The Hall–Kier alpha value is -2.45. The Morgan fingerprint density at radius 2 is 2.08 bits per heavy atom. The van der Waals surface area contributed by atoms with E-state index >= 15 is 0 Å². The summed E-state index contributed by atoms with van der Waals surface area (Å²) in [7, 11) is 0. The molecule has 0 unspecified atom stereocenters. The van der Waals surface area contributed by atoms with Crippen molar-refractivity contribution in [1.29, 1.82) is 0 Å². The summed E-state index contributed by atoms with van der Waals surface area (Å²) < 4.78 is 0.888. The zero-order chi connectivity index (χ0) is 16.8. The van der Waals surface area contributed by atoms with E-state index in [2.05, 4.69) is 25.8 Å². The molecule has 0 radical (unpaired) electrons. The molecule has 1 aromatic carbocycles. The SMILES string of the molecule is CC(=O)Nc1cccc(Nc2nnc(SCc3cccnc3)s2)c1. The number of thioether (sulfide) groups is 1. The second-order valence-electron chi connectivity index (χ2n) is 4.91. The number of rotatable bonds is 6. The second kappa shape index (κ2) is 7.89. The van der Waals surface area contributed by atoms with E-state index in [0.29, 0.717) is 5.13 Å². The highest BCUT2D eigenvalue weighted by Crippen LogP contribution is 2.30. The van der Waals surface area contributed by atoms with Crippen LogP contribution in [0.25, 0.3) is 0 Å². The molecule has 0 aliphatic rings. The molecule has 2 N–H and O–H groups in total. The van der Waals surface area contributed by atoms with Gasteiger partial charge in [0, 0.05) is 36.4 Å². The largest absolute Gasteiger partial charge is 0.330 e. The van der Waals surface area contributed by atoms with E-state index in [1.165, 1.54) is 18.3 Å². The maximum atomic E-state index is 11.1. The van der Waals surface area contributed by atoms with Crippen molar-refractivity contribution >= 4 is 45.5 Å². The average Bonchev–Trinajstić information content (AvgIpc) is 3.01. The Bertz CT molecular complexity index is 822. The van der Waals surface area contributed by atoms with Crippen LogP contribution in [0.15, 0.2) is 53.1 Å². The number of benzene rings is 1. The summed E-state index contributed by atoms with van der Waals surface area (Å²) in [6, 6.07) is 11.4. The molecule has 0 spiro atoms. The molecule has 0 aliphatic heterocycles. The lowest BCUT2D eigenvalue weighted by Crippen LogP contribution is -2.05. The van der Waals surface area contributed by atoms with Gasteiger partial charge in [-0.2, -0.15) is 0 Å². The third-order valence-corrected chi connectivity index (χ3v) is 4.97. The van der Waals surface area contributed by atoms with Crippen LogP contribution in [0.3, 0.4) is 0 Å². The minimum atomic E-state index is -0.0999. The summed E-state index contributed by atoms with van der Waals surface area (Å²) in [5.74, 6) is 0.706. The Morgan fingerprint density at radius 3 is 2.88 bits per heavy atom. The average molecular weight is 357 g/mol. The van der Waals surface area contributed by atoms with Crippen LogP contribution in [0, 0.1) is 0 Å².